The second kappa shape index (κ2) is 17.6. The monoisotopic (exact) mass is 695 g/mol. The highest BCUT2D eigenvalue weighted by molar-refractivity contribution is 6.01. The van der Waals surface area contributed by atoms with E-state index in [1.165, 1.54) is 19.5 Å². The zero-order valence-electron chi connectivity index (χ0n) is 26.6. The molecule has 50 heavy (non-hydrogen) atoms. The lowest BCUT2D eigenvalue weighted by Crippen LogP contribution is -2.30. The molecule has 0 saturated carbocycles. The van der Waals surface area contributed by atoms with Gasteiger partial charge in [0.2, 0.25) is 5.91 Å². The van der Waals surface area contributed by atoms with Gasteiger partial charge in [-0.25, -0.2) is 9.59 Å². The zero-order valence-corrected chi connectivity index (χ0v) is 26.6. The number of aliphatic carboxylic acids is 2. The molecule has 1 unspecified atom stereocenters. The van der Waals surface area contributed by atoms with Crippen molar-refractivity contribution in [3.05, 3.63) is 114 Å². The number of hydrogen-bond acceptors (Lipinski definition) is 7. The zero-order chi connectivity index (χ0) is 36.8. The minimum absolute atomic E-state index is 0.0383. The number of nitrogens with one attached hydrogen (secondary N) is 4. The molecule has 1 atom stereocenters. The quantitative estimate of drug-likeness (QED) is 0.112. The molecule has 0 radical (unpaired) electrons. The highest BCUT2D eigenvalue weighted by Crippen LogP contribution is 2.27. The van der Waals surface area contributed by atoms with Crippen LogP contribution in [0.1, 0.15) is 39.5 Å². The van der Waals surface area contributed by atoms with Crippen molar-refractivity contribution in [2.75, 3.05) is 23.1 Å². The van der Waals surface area contributed by atoms with E-state index in [1.54, 1.807) is 60.7 Å². The number of carboxylic acid groups (broad SMARTS) is 2. The smallest absolute Gasteiger partial charge is 0.490 e. The molecule has 0 spiro atoms. The molecular weight excluding hydrogens is 663 g/mol. The number of amides is 4. The third kappa shape index (κ3) is 12.0. The fraction of sp³-hybridized carbons (Fsp3) is 0.176. The van der Waals surface area contributed by atoms with Gasteiger partial charge in [0.1, 0.15) is 5.75 Å². The number of aryl methyl sites for hydroxylation is 1. The molecular formula is C34H32F3N5O8. The highest BCUT2D eigenvalue weighted by atomic mass is 19.4. The molecule has 0 bridgehead atoms. The van der Waals surface area contributed by atoms with Gasteiger partial charge in [-0.2, -0.15) is 13.2 Å². The van der Waals surface area contributed by atoms with Crippen LogP contribution in [0.4, 0.5) is 35.0 Å². The second-order valence-corrected chi connectivity index (χ2v) is 10.4. The van der Waals surface area contributed by atoms with Gasteiger partial charge >= 0.3 is 24.1 Å². The van der Waals surface area contributed by atoms with E-state index in [-0.39, 0.29) is 18.7 Å². The first kappa shape index (κ1) is 38.0. The summed E-state index contributed by atoms with van der Waals surface area (Å²) < 4.78 is 37.2. The summed E-state index contributed by atoms with van der Waals surface area (Å²) in [6.45, 7) is 1.89. The number of carbonyl (C=O) groups is 5. The van der Waals surface area contributed by atoms with Gasteiger partial charge in [-0.05, 0) is 66.1 Å². The lowest BCUT2D eigenvalue weighted by atomic mass is 10.0. The van der Waals surface area contributed by atoms with Gasteiger partial charge in [0.15, 0.2) is 0 Å². The molecule has 0 aliphatic rings. The maximum Gasteiger partial charge on any atom is 0.490 e. The molecule has 0 fully saturated rings. The number of methoxy groups -OCH3 is 1. The summed E-state index contributed by atoms with van der Waals surface area (Å²) in [4.78, 5) is 62.1. The number of halogens is 3. The van der Waals surface area contributed by atoms with Gasteiger partial charge in [0.05, 0.1) is 37.2 Å². The average molecular weight is 696 g/mol. The van der Waals surface area contributed by atoms with Crippen molar-refractivity contribution in [3.8, 4) is 5.75 Å². The second-order valence-electron chi connectivity index (χ2n) is 10.4. The minimum Gasteiger partial charge on any atom is -0.495 e. The highest BCUT2D eigenvalue weighted by Gasteiger charge is 2.38. The molecule has 4 rings (SSSR count). The number of carbonyl (C=O) groups excluding carboxylic acids is 3. The lowest BCUT2D eigenvalue weighted by Gasteiger charge is -2.18. The minimum atomic E-state index is -5.08. The standard InChI is InChI=1S/C32H31N5O6.C2HF3O2/c1-20-6-3-4-8-25(20)36-32(42)37-26-14-9-21(16-28(26)43-2)17-29(38)34-24-12-10-22(11-13-24)27(18-30(39)40)35-31(41)23-7-5-15-33-19-23;3-2(4,5)1(6)7/h3-16,19,27H,17-18H2,1-2H3,(H,34,38)(H,35,41)(H,39,40)(H2,36,37,42);(H,6,7). The Labute approximate surface area is 283 Å². The number of benzene rings is 3. The third-order valence-electron chi connectivity index (χ3n) is 6.72. The van der Waals surface area contributed by atoms with Crippen LogP contribution in [0, 0.1) is 6.92 Å². The van der Waals surface area contributed by atoms with Crippen LogP contribution in [-0.2, 0) is 20.8 Å². The van der Waals surface area contributed by atoms with Gasteiger partial charge in [0.25, 0.3) is 5.91 Å². The molecule has 1 heterocycles. The Bertz CT molecular complexity index is 1820. The molecule has 1 aromatic heterocycles. The number of para-hydroxylation sites is 1. The maximum absolute atomic E-state index is 12.8. The summed E-state index contributed by atoms with van der Waals surface area (Å²) in [5, 5.41) is 27.6. The molecule has 262 valence electrons. The van der Waals surface area contributed by atoms with Crippen LogP contribution in [0.15, 0.2) is 91.3 Å². The first-order valence-electron chi connectivity index (χ1n) is 14.6. The maximum atomic E-state index is 12.8. The SMILES string of the molecule is COc1cc(CC(=O)Nc2ccc(C(CC(=O)O)NC(=O)c3cccnc3)cc2)ccc1NC(=O)Nc1ccccc1C.O=C(O)C(F)(F)F. The number of anilines is 3. The van der Waals surface area contributed by atoms with Crippen LogP contribution in [0.5, 0.6) is 5.75 Å². The van der Waals surface area contributed by atoms with Crippen molar-refractivity contribution in [3.63, 3.8) is 0 Å². The number of alkyl halides is 3. The summed E-state index contributed by atoms with van der Waals surface area (Å²) in [7, 11) is 1.47. The normalized spacial score (nSPS) is 11.1. The van der Waals surface area contributed by atoms with E-state index in [0.717, 1.165) is 5.56 Å². The fourth-order valence-corrected chi connectivity index (χ4v) is 4.29. The van der Waals surface area contributed by atoms with E-state index >= 15 is 0 Å². The summed E-state index contributed by atoms with van der Waals surface area (Å²) in [6, 6.07) is 21.0. The molecule has 6 N–H and O–H groups in total. The number of nitrogens with zero attached hydrogens (tertiary/aromatic N) is 1. The van der Waals surface area contributed by atoms with Crippen LogP contribution in [0.3, 0.4) is 0 Å². The van der Waals surface area contributed by atoms with Crippen molar-refractivity contribution in [1.82, 2.24) is 10.3 Å². The number of rotatable bonds is 11. The van der Waals surface area contributed by atoms with Crippen LogP contribution >= 0.6 is 0 Å². The third-order valence-corrected chi connectivity index (χ3v) is 6.72. The molecule has 0 saturated heterocycles. The number of aromatic nitrogens is 1. The Morgan fingerprint density at radius 3 is 2.10 bits per heavy atom. The van der Waals surface area contributed by atoms with Crippen molar-refractivity contribution < 1.29 is 52.1 Å². The van der Waals surface area contributed by atoms with Crippen LogP contribution < -0.4 is 26.0 Å². The van der Waals surface area contributed by atoms with Gasteiger partial charge < -0.3 is 36.2 Å². The Morgan fingerprint density at radius 1 is 0.860 bits per heavy atom. The van der Waals surface area contributed by atoms with Crippen molar-refractivity contribution in [1.29, 1.82) is 0 Å². The van der Waals surface area contributed by atoms with E-state index in [1.807, 2.05) is 25.1 Å². The number of pyridine rings is 1. The molecule has 13 nitrogen and oxygen atoms in total. The summed E-state index contributed by atoms with van der Waals surface area (Å²) in [5.41, 5.74) is 4.10. The Balaban J connectivity index is 0.000000872. The van der Waals surface area contributed by atoms with E-state index in [2.05, 4.69) is 26.3 Å². The van der Waals surface area contributed by atoms with Gasteiger partial charge in [-0.3, -0.25) is 19.4 Å². The lowest BCUT2D eigenvalue weighted by molar-refractivity contribution is -0.192. The first-order valence-corrected chi connectivity index (χ1v) is 14.6. The first-order chi connectivity index (χ1) is 23.7. The number of carboxylic acids is 2. The van der Waals surface area contributed by atoms with Gasteiger partial charge in [-0.1, -0.05) is 36.4 Å². The molecule has 0 aliphatic carbocycles. The average Bonchev–Trinajstić information content (AvgIpc) is 3.06. The topological polar surface area (TPSA) is 196 Å². The summed E-state index contributed by atoms with van der Waals surface area (Å²) >= 11 is 0. The molecule has 4 amide bonds. The summed E-state index contributed by atoms with van der Waals surface area (Å²) in [6.07, 6.45) is -2.43. The van der Waals surface area contributed by atoms with E-state index in [0.29, 0.717) is 39.5 Å². The van der Waals surface area contributed by atoms with Crippen molar-refractivity contribution in [2.45, 2.75) is 32.0 Å². The fourth-order valence-electron chi connectivity index (χ4n) is 4.29. The molecule has 16 heteroatoms. The van der Waals surface area contributed by atoms with Crippen LogP contribution in [-0.4, -0.2) is 58.3 Å². The Kier molecular flexibility index (Phi) is 13.4. The molecule has 4 aromatic rings. The van der Waals surface area contributed by atoms with E-state index < -0.39 is 36.1 Å². The van der Waals surface area contributed by atoms with Gasteiger partial charge in [0, 0.05) is 23.8 Å². The van der Waals surface area contributed by atoms with Crippen molar-refractivity contribution in [2.24, 2.45) is 0 Å². The van der Waals surface area contributed by atoms with Gasteiger partial charge in [-0.15, -0.1) is 0 Å². The molecule has 3 aromatic carbocycles. The van der Waals surface area contributed by atoms with E-state index in [4.69, 9.17) is 14.6 Å². The predicted octanol–water partition coefficient (Wildman–Crippen LogP) is 5.80. The molecule has 0 aliphatic heterocycles. The van der Waals surface area contributed by atoms with Crippen LogP contribution in [0.25, 0.3) is 0 Å². The number of urea groups is 1. The van der Waals surface area contributed by atoms with Crippen molar-refractivity contribution >= 4 is 46.8 Å². The Morgan fingerprint density at radius 2 is 1.52 bits per heavy atom. The number of hydrogen-bond donors (Lipinski definition) is 6. The van der Waals surface area contributed by atoms with Crippen LogP contribution in [0.2, 0.25) is 0 Å². The number of ether oxygens (including phenoxy) is 1. The Hall–Kier alpha value is -6.45. The summed E-state index contributed by atoms with van der Waals surface area (Å²) in [5.74, 6) is -4.17. The predicted molar refractivity (Wildman–Crippen MR) is 176 cm³/mol. The van der Waals surface area contributed by atoms with E-state index in [9.17, 15) is 37.5 Å². The largest absolute Gasteiger partial charge is 0.495 e.